The van der Waals surface area contributed by atoms with Crippen molar-refractivity contribution in [1.29, 1.82) is 0 Å². The van der Waals surface area contributed by atoms with Crippen molar-refractivity contribution in [3.63, 3.8) is 0 Å². The number of carbonyl (C=O) groups is 1. The number of hydrogen-bond donors (Lipinski definition) is 2. The molecule has 0 spiro atoms. The quantitative estimate of drug-likeness (QED) is 0.789. The highest BCUT2D eigenvalue weighted by Gasteiger charge is 2.11. The SMILES string of the molecule is CC(C)CC(CO)NC(=O)C=Cc1ccc(Cl)c(Cl)c1. The van der Waals surface area contributed by atoms with Crippen LogP contribution < -0.4 is 5.32 Å². The lowest BCUT2D eigenvalue weighted by molar-refractivity contribution is -0.117. The summed E-state index contributed by atoms with van der Waals surface area (Å²) >= 11 is 11.7. The summed E-state index contributed by atoms with van der Waals surface area (Å²) in [5, 5.41) is 12.9. The first-order chi connectivity index (χ1) is 9.42. The Labute approximate surface area is 129 Å². The Morgan fingerprint density at radius 1 is 1.35 bits per heavy atom. The van der Waals surface area contributed by atoms with E-state index in [0.29, 0.717) is 16.0 Å². The lowest BCUT2D eigenvalue weighted by atomic mass is 10.0. The van der Waals surface area contributed by atoms with Gasteiger partial charge in [-0.3, -0.25) is 4.79 Å². The fourth-order valence-electron chi connectivity index (χ4n) is 1.79. The van der Waals surface area contributed by atoms with Crippen LogP contribution in [0.15, 0.2) is 24.3 Å². The van der Waals surface area contributed by atoms with E-state index < -0.39 is 0 Å². The van der Waals surface area contributed by atoms with E-state index in [1.165, 1.54) is 6.08 Å². The maximum atomic E-state index is 11.8. The smallest absolute Gasteiger partial charge is 0.244 e. The van der Waals surface area contributed by atoms with Gasteiger partial charge in [-0.2, -0.15) is 0 Å². The molecule has 0 bridgehead atoms. The fourth-order valence-corrected chi connectivity index (χ4v) is 2.09. The van der Waals surface area contributed by atoms with Crippen LogP contribution in [0.2, 0.25) is 10.0 Å². The van der Waals surface area contributed by atoms with Gasteiger partial charge in [-0.05, 0) is 36.1 Å². The highest BCUT2D eigenvalue weighted by atomic mass is 35.5. The molecule has 1 aromatic rings. The maximum absolute atomic E-state index is 11.8. The Morgan fingerprint density at radius 2 is 2.05 bits per heavy atom. The van der Waals surface area contributed by atoms with Crippen LogP contribution in [0.3, 0.4) is 0 Å². The molecule has 2 N–H and O–H groups in total. The third-order valence-electron chi connectivity index (χ3n) is 2.69. The van der Waals surface area contributed by atoms with E-state index in [9.17, 15) is 9.90 Å². The van der Waals surface area contributed by atoms with Crippen molar-refractivity contribution in [3.8, 4) is 0 Å². The first-order valence-electron chi connectivity index (χ1n) is 6.47. The van der Waals surface area contributed by atoms with Gasteiger partial charge in [-0.25, -0.2) is 0 Å². The summed E-state index contributed by atoms with van der Waals surface area (Å²) in [6.45, 7) is 4.02. The number of aliphatic hydroxyl groups is 1. The van der Waals surface area contributed by atoms with Gasteiger partial charge >= 0.3 is 0 Å². The van der Waals surface area contributed by atoms with Crippen LogP contribution in [-0.4, -0.2) is 23.7 Å². The second kappa shape index (κ2) is 8.30. The first-order valence-corrected chi connectivity index (χ1v) is 7.22. The van der Waals surface area contributed by atoms with Crippen molar-refractivity contribution in [2.24, 2.45) is 5.92 Å². The van der Waals surface area contributed by atoms with Gasteiger partial charge in [-0.15, -0.1) is 0 Å². The van der Waals surface area contributed by atoms with Crippen LogP contribution in [-0.2, 0) is 4.79 Å². The molecule has 0 saturated heterocycles. The second-order valence-electron chi connectivity index (χ2n) is 5.02. The fraction of sp³-hybridized carbons (Fsp3) is 0.400. The maximum Gasteiger partial charge on any atom is 0.244 e. The van der Waals surface area contributed by atoms with Gasteiger partial charge in [0.1, 0.15) is 0 Å². The molecule has 0 aromatic heterocycles. The van der Waals surface area contributed by atoms with E-state index in [2.05, 4.69) is 5.32 Å². The van der Waals surface area contributed by atoms with E-state index in [4.69, 9.17) is 23.2 Å². The zero-order chi connectivity index (χ0) is 15.1. The highest BCUT2D eigenvalue weighted by Crippen LogP contribution is 2.23. The average molecular weight is 316 g/mol. The van der Waals surface area contributed by atoms with Crippen molar-refractivity contribution in [1.82, 2.24) is 5.32 Å². The molecule has 1 amide bonds. The second-order valence-corrected chi connectivity index (χ2v) is 5.84. The normalized spacial score (nSPS) is 12.9. The molecule has 3 nitrogen and oxygen atoms in total. The predicted molar refractivity (Wildman–Crippen MR) is 84.0 cm³/mol. The molecular weight excluding hydrogens is 297 g/mol. The van der Waals surface area contributed by atoms with Crippen molar-refractivity contribution in [2.75, 3.05) is 6.61 Å². The number of amides is 1. The van der Waals surface area contributed by atoms with Crippen LogP contribution in [0.5, 0.6) is 0 Å². The molecule has 110 valence electrons. The Hall–Kier alpha value is -1.03. The minimum absolute atomic E-state index is 0.0649. The van der Waals surface area contributed by atoms with Gasteiger partial charge in [0.2, 0.25) is 5.91 Å². The zero-order valence-corrected chi connectivity index (χ0v) is 13.1. The van der Waals surface area contributed by atoms with Crippen LogP contribution in [0.1, 0.15) is 25.8 Å². The van der Waals surface area contributed by atoms with Crippen LogP contribution in [0, 0.1) is 5.92 Å². The van der Waals surface area contributed by atoms with Gasteiger partial charge in [-0.1, -0.05) is 43.1 Å². The van der Waals surface area contributed by atoms with Crippen molar-refractivity contribution >= 4 is 35.2 Å². The van der Waals surface area contributed by atoms with Crippen LogP contribution >= 0.6 is 23.2 Å². The van der Waals surface area contributed by atoms with Gasteiger partial charge in [0, 0.05) is 6.08 Å². The molecule has 5 heteroatoms. The van der Waals surface area contributed by atoms with Crippen LogP contribution in [0.25, 0.3) is 6.08 Å². The molecule has 0 heterocycles. The lowest BCUT2D eigenvalue weighted by Crippen LogP contribution is -2.37. The molecule has 0 saturated carbocycles. The molecule has 0 aliphatic rings. The summed E-state index contributed by atoms with van der Waals surface area (Å²) in [4.78, 5) is 11.8. The van der Waals surface area contributed by atoms with Gasteiger partial charge < -0.3 is 10.4 Å². The van der Waals surface area contributed by atoms with Gasteiger partial charge in [0.05, 0.1) is 22.7 Å². The summed E-state index contributed by atoms with van der Waals surface area (Å²) in [5.74, 6) is 0.169. The summed E-state index contributed by atoms with van der Waals surface area (Å²) < 4.78 is 0. The number of nitrogens with one attached hydrogen (secondary N) is 1. The van der Waals surface area contributed by atoms with E-state index in [0.717, 1.165) is 12.0 Å². The summed E-state index contributed by atoms with van der Waals surface area (Å²) in [5.41, 5.74) is 0.791. The Kier molecular flexibility index (Phi) is 7.06. The van der Waals surface area contributed by atoms with Crippen molar-refractivity contribution in [3.05, 3.63) is 39.9 Å². The van der Waals surface area contributed by atoms with E-state index in [-0.39, 0.29) is 18.6 Å². The Balaban J connectivity index is 2.60. The summed E-state index contributed by atoms with van der Waals surface area (Å²) in [7, 11) is 0. The molecule has 20 heavy (non-hydrogen) atoms. The third-order valence-corrected chi connectivity index (χ3v) is 3.43. The molecular formula is C15H19Cl2NO2. The monoisotopic (exact) mass is 315 g/mol. The topological polar surface area (TPSA) is 49.3 Å². The summed E-state index contributed by atoms with van der Waals surface area (Å²) in [6.07, 6.45) is 3.81. The molecule has 0 radical (unpaired) electrons. The van der Waals surface area contributed by atoms with Crippen LogP contribution in [0.4, 0.5) is 0 Å². The minimum atomic E-state index is -0.240. The molecule has 1 aromatic carbocycles. The number of rotatable bonds is 6. The zero-order valence-electron chi connectivity index (χ0n) is 11.6. The molecule has 1 unspecified atom stereocenters. The highest BCUT2D eigenvalue weighted by molar-refractivity contribution is 6.42. The van der Waals surface area contributed by atoms with Gasteiger partial charge in [0.25, 0.3) is 0 Å². The van der Waals surface area contributed by atoms with E-state index in [1.807, 2.05) is 13.8 Å². The molecule has 0 fully saturated rings. The Bertz CT molecular complexity index is 487. The lowest BCUT2D eigenvalue weighted by Gasteiger charge is -2.17. The first kappa shape index (κ1) is 17.0. The van der Waals surface area contributed by atoms with Crippen molar-refractivity contribution < 1.29 is 9.90 Å². The number of aliphatic hydroxyl groups excluding tert-OH is 1. The number of benzene rings is 1. The number of hydrogen-bond acceptors (Lipinski definition) is 2. The summed E-state index contributed by atoms with van der Waals surface area (Å²) in [6, 6.07) is 4.92. The standard InChI is InChI=1S/C15H19Cl2NO2/c1-10(2)7-12(9-19)18-15(20)6-4-11-3-5-13(16)14(17)8-11/h3-6,8,10,12,19H,7,9H2,1-2H3,(H,18,20). The predicted octanol–water partition coefficient (Wildman–Crippen LogP) is 3.53. The van der Waals surface area contributed by atoms with E-state index in [1.54, 1.807) is 24.3 Å². The molecule has 0 aliphatic heterocycles. The minimum Gasteiger partial charge on any atom is -0.394 e. The number of halogens is 2. The third kappa shape index (κ3) is 5.95. The molecule has 1 rings (SSSR count). The molecule has 0 aliphatic carbocycles. The van der Waals surface area contributed by atoms with Gasteiger partial charge in [0.15, 0.2) is 0 Å². The van der Waals surface area contributed by atoms with E-state index >= 15 is 0 Å². The Morgan fingerprint density at radius 3 is 2.60 bits per heavy atom. The molecule has 1 atom stereocenters. The number of carbonyl (C=O) groups excluding carboxylic acids is 1. The average Bonchev–Trinajstić information content (AvgIpc) is 2.39. The largest absolute Gasteiger partial charge is 0.394 e. The van der Waals surface area contributed by atoms with Crippen molar-refractivity contribution in [2.45, 2.75) is 26.3 Å².